The maximum atomic E-state index is 12.3. The molecular formula is C13H20N2O5. The summed E-state index contributed by atoms with van der Waals surface area (Å²) < 4.78 is 10.2. The fraction of sp³-hybridized carbons (Fsp3) is 0.692. The van der Waals surface area contributed by atoms with Crippen molar-refractivity contribution in [2.75, 3.05) is 46.5 Å². The van der Waals surface area contributed by atoms with Crippen molar-refractivity contribution in [2.45, 2.75) is 12.5 Å². The number of carbonyl (C=O) groups excluding carboxylic acids is 1. The summed E-state index contributed by atoms with van der Waals surface area (Å²) >= 11 is 0. The Morgan fingerprint density at radius 2 is 2.25 bits per heavy atom. The van der Waals surface area contributed by atoms with Crippen molar-refractivity contribution in [3.05, 3.63) is 11.6 Å². The Morgan fingerprint density at radius 3 is 2.85 bits per heavy atom. The predicted octanol–water partition coefficient (Wildman–Crippen LogP) is 0.170. The van der Waals surface area contributed by atoms with E-state index < -0.39 is 12.1 Å². The van der Waals surface area contributed by atoms with Gasteiger partial charge in [0.2, 0.25) is 0 Å². The number of carboxylic acid groups (broad SMARTS) is 1. The minimum atomic E-state index is -1.02. The van der Waals surface area contributed by atoms with Crippen LogP contribution in [-0.4, -0.2) is 79.5 Å². The zero-order valence-electron chi connectivity index (χ0n) is 11.6. The van der Waals surface area contributed by atoms with E-state index in [0.717, 1.165) is 6.42 Å². The molecule has 2 aliphatic rings. The topological polar surface area (TPSA) is 79.3 Å². The number of rotatable bonds is 3. The lowest BCUT2D eigenvalue weighted by Crippen LogP contribution is -2.53. The van der Waals surface area contributed by atoms with Crippen molar-refractivity contribution >= 4 is 12.0 Å². The quantitative estimate of drug-likeness (QED) is 0.747. The summed E-state index contributed by atoms with van der Waals surface area (Å²) in [7, 11) is 1.65. The van der Waals surface area contributed by atoms with Gasteiger partial charge in [0.15, 0.2) is 6.10 Å². The highest BCUT2D eigenvalue weighted by molar-refractivity contribution is 5.77. The molecule has 0 bridgehead atoms. The molecular weight excluding hydrogens is 264 g/mol. The monoisotopic (exact) mass is 284 g/mol. The van der Waals surface area contributed by atoms with Crippen LogP contribution in [0.1, 0.15) is 6.42 Å². The van der Waals surface area contributed by atoms with Gasteiger partial charge in [-0.05, 0) is 12.0 Å². The Labute approximate surface area is 117 Å². The van der Waals surface area contributed by atoms with Crippen LogP contribution in [0.15, 0.2) is 11.6 Å². The molecule has 7 heteroatoms. The summed E-state index contributed by atoms with van der Waals surface area (Å²) in [5, 5.41) is 8.94. The Hall–Kier alpha value is -1.60. The maximum Gasteiger partial charge on any atom is 0.334 e. The number of hydrogen-bond acceptors (Lipinski definition) is 4. The molecule has 0 saturated carbocycles. The van der Waals surface area contributed by atoms with E-state index in [1.807, 2.05) is 6.08 Å². The first-order valence-corrected chi connectivity index (χ1v) is 6.67. The summed E-state index contributed by atoms with van der Waals surface area (Å²) in [5.41, 5.74) is 1.20. The molecule has 0 aliphatic carbocycles. The molecule has 2 amide bonds. The summed E-state index contributed by atoms with van der Waals surface area (Å²) in [6.07, 6.45) is 1.88. The van der Waals surface area contributed by atoms with Crippen LogP contribution in [0.4, 0.5) is 4.79 Å². The van der Waals surface area contributed by atoms with E-state index in [0.29, 0.717) is 26.2 Å². The second-order valence-corrected chi connectivity index (χ2v) is 4.92. The first-order valence-electron chi connectivity index (χ1n) is 6.67. The Kier molecular flexibility index (Phi) is 4.97. The van der Waals surface area contributed by atoms with Crippen LogP contribution in [0.5, 0.6) is 0 Å². The summed E-state index contributed by atoms with van der Waals surface area (Å²) in [6, 6.07) is -0.118. The van der Waals surface area contributed by atoms with Crippen molar-refractivity contribution in [1.82, 2.24) is 9.80 Å². The van der Waals surface area contributed by atoms with Gasteiger partial charge < -0.3 is 24.4 Å². The third-order valence-electron chi connectivity index (χ3n) is 3.52. The normalized spacial score (nSPS) is 23.4. The van der Waals surface area contributed by atoms with Crippen LogP contribution in [0.2, 0.25) is 0 Å². The number of carboxylic acids is 1. The lowest BCUT2D eigenvalue weighted by molar-refractivity contribution is -0.154. The van der Waals surface area contributed by atoms with Crippen LogP contribution >= 0.6 is 0 Å². The summed E-state index contributed by atoms with van der Waals surface area (Å²) in [4.78, 5) is 26.5. The van der Waals surface area contributed by atoms with Gasteiger partial charge in [-0.3, -0.25) is 0 Å². The average Bonchev–Trinajstić information content (AvgIpc) is 2.48. The first kappa shape index (κ1) is 14.8. The van der Waals surface area contributed by atoms with E-state index in [4.69, 9.17) is 14.6 Å². The Bertz CT molecular complexity index is 410. The van der Waals surface area contributed by atoms with Gasteiger partial charge in [0.1, 0.15) is 0 Å². The molecule has 7 nitrogen and oxygen atoms in total. The van der Waals surface area contributed by atoms with Crippen molar-refractivity contribution < 1.29 is 24.2 Å². The van der Waals surface area contributed by atoms with Crippen LogP contribution in [0.3, 0.4) is 0 Å². The van der Waals surface area contributed by atoms with Gasteiger partial charge in [-0.2, -0.15) is 0 Å². The van der Waals surface area contributed by atoms with E-state index in [-0.39, 0.29) is 19.2 Å². The number of carbonyl (C=O) groups is 2. The molecule has 2 heterocycles. The largest absolute Gasteiger partial charge is 0.479 e. The number of ether oxygens (including phenoxy) is 2. The van der Waals surface area contributed by atoms with Crippen molar-refractivity contribution in [3.8, 4) is 0 Å². The minimum absolute atomic E-state index is 0.110. The van der Waals surface area contributed by atoms with Gasteiger partial charge in [-0.25, -0.2) is 9.59 Å². The number of urea groups is 1. The van der Waals surface area contributed by atoms with E-state index in [2.05, 4.69) is 0 Å². The molecule has 1 atom stereocenters. The van der Waals surface area contributed by atoms with E-state index in [9.17, 15) is 9.59 Å². The van der Waals surface area contributed by atoms with E-state index in [1.54, 1.807) is 16.9 Å². The molecule has 0 radical (unpaired) electrons. The molecule has 112 valence electrons. The van der Waals surface area contributed by atoms with Gasteiger partial charge in [0, 0.05) is 26.7 Å². The van der Waals surface area contributed by atoms with Crippen LogP contribution in [0.25, 0.3) is 0 Å². The highest BCUT2D eigenvalue weighted by Crippen LogP contribution is 2.15. The fourth-order valence-electron chi connectivity index (χ4n) is 2.37. The van der Waals surface area contributed by atoms with Gasteiger partial charge in [0.25, 0.3) is 0 Å². The lowest BCUT2D eigenvalue weighted by Gasteiger charge is -2.36. The zero-order valence-corrected chi connectivity index (χ0v) is 11.6. The molecule has 1 unspecified atom stereocenters. The number of hydrogen-bond donors (Lipinski definition) is 1. The molecule has 0 aromatic rings. The highest BCUT2D eigenvalue weighted by Gasteiger charge is 2.31. The second kappa shape index (κ2) is 6.71. The van der Waals surface area contributed by atoms with E-state index >= 15 is 0 Å². The number of nitrogens with zero attached hydrogens (tertiary/aromatic N) is 2. The van der Waals surface area contributed by atoms with Gasteiger partial charge in [-0.1, -0.05) is 6.08 Å². The number of amides is 2. The van der Waals surface area contributed by atoms with Crippen molar-refractivity contribution in [1.29, 1.82) is 0 Å². The smallest absolute Gasteiger partial charge is 0.334 e. The first-order chi connectivity index (χ1) is 9.61. The SMILES string of the molecule is COCC1=CCN(C(=O)N2CCOC(C(=O)O)C2)CC1. The second-order valence-electron chi connectivity index (χ2n) is 4.92. The molecule has 2 rings (SSSR count). The standard InChI is InChI=1S/C13H20N2O5/c1-19-9-10-2-4-14(5-3-10)13(18)15-6-7-20-11(8-15)12(16)17/h2,11H,3-9H2,1H3,(H,16,17). The summed E-state index contributed by atoms with van der Waals surface area (Å²) in [5.74, 6) is -1.02. The molecule has 0 aromatic heterocycles. The van der Waals surface area contributed by atoms with E-state index in [1.165, 1.54) is 5.57 Å². The van der Waals surface area contributed by atoms with Crippen LogP contribution in [0, 0.1) is 0 Å². The lowest BCUT2D eigenvalue weighted by atomic mass is 10.1. The molecule has 0 aromatic carbocycles. The fourth-order valence-corrected chi connectivity index (χ4v) is 2.37. The summed E-state index contributed by atoms with van der Waals surface area (Å²) in [6.45, 7) is 2.60. The number of methoxy groups -OCH3 is 1. The molecule has 20 heavy (non-hydrogen) atoms. The molecule has 2 aliphatic heterocycles. The Balaban J connectivity index is 1.90. The number of morpholine rings is 1. The van der Waals surface area contributed by atoms with Crippen molar-refractivity contribution in [3.63, 3.8) is 0 Å². The predicted molar refractivity (Wildman–Crippen MR) is 70.5 cm³/mol. The van der Waals surface area contributed by atoms with Crippen molar-refractivity contribution in [2.24, 2.45) is 0 Å². The van der Waals surface area contributed by atoms with Gasteiger partial charge in [-0.15, -0.1) is 0 Å². The average molecular weight is 284 g/mol. The number of aliphatic carboxylic acids is 1. The van der Waals surface area contributed by atoms with Gasteiger partial charge in [0.05, 0.1) is 19.8 Å². The molecule has 1 saturated heterocycles. The molecule has 1 fully saturated rings. The van der Waals surface area contributed by atoms with Crippen LogP contribution < -0.4 is 0 Å². The van der Waals surface area contributed by atoms with Gasteiger partial charge >= 0.3 is 12.0 Å². The van der Waals surface area contributed by atoms with Crippen LogP contribution in [-0.2, 0) is 14.3 Å². The molecule has 1 N–H and O–H groups in total. The Morgan fingerprint density at radius 1 is 1.45 bits per heavy atom. The minimum Gasteiger partial charge on any atom is -0.479 e. The zero-order chi connectivity index (χ0) is 14.5. The maximum absolute atomic E-state index is 12.3. The molecule has 0 spiro atoms. The highest BCUT2D eigenvalue weighted by atomic mass is 16.5. The third-order valence-corrected chi connectivity index (χ3v) is 3.52. The third kappa shape index (κ3) is 3.49.